The van der Waals surface area contributed by atoms with Crippen LogP contribution in [0, 0.1) is 23.6 Å². The van der Waals surface area contributed by atoms with E-state index < -0.39 is 30.2 Å². The predicted molar refractivity (Wildman–Crippen MR) is 107 cm³/mol. The Labute approximate surface area is 174 Å². The van der Waals surface area contributed by atoms with Gasteiger partial charge in [-0.1, -0.05) is 38.3 Å². The standard InChI is InChI=1S/C21H26ClFN2O4/c1-12-4-3-5-18(13(12)2)25-10-14(8-20(25)27)21(28)29-11-19(26)24-17-7-6-15(22)9-16(17)23/h6-7,9,12-14,18H,3-5,8,10-11H2,1-2H3,(H,24,26)/t12-,13-,14-,18-/m1/s1. The first kappa shape index (κ1) is 21.6. The number of hydrogen-bond acceptors (Lipinski definition) is 4. The monoisotopic (exact) mass is 424 g/mol. The Hall–Kier alpha value is -2.15. The Morgan fingerprint density at radius 1 is 1.31 bits per heavy atom. The maximum atomic E-state index is 13.7. The summed E-state index contributed by atoms with van der Waals surface area (Å²) >= 11 is 5.67. The average Bonchev–Trinajstić information content (AvgIpc) is 3.06. The summed E-state index contributed by atoms with van der Waals surface area (Å²) in [6, 6.07) is 4.00. The molecule has 0 aromatic heterocycles. The van der Waals surface area contributed by atoms with Gasteiger partial charge in [0.05, 0.1) is 11.6 Å². The molecule has 1 aliphatic heterocycles. The molecule has 1 saturated carbocycles. The van der Waals surface area contributed by atoms with Gasteiger partial charge in [-0.25, -0.2) is 4.39 Å². The number of amides is 2. The van der Waals surface area contributed by atoms with Gasteiger partial charge in [-0.3, -0.25) is 14.4 Å². The molecule has 3 rings (SSSR count). The summed E-state index contributed by atoms with van der Waals surface area (Å²) in [7, 11) is 0. The molecule has 8 heteroatoms. The molecule has 2 amide bonds. The van der Waals surface area contributed by atoms with E-state index in [9.17, 15) is 18.8 Å². The fourth-order valence-corrected chi connectivity index (χ4v) is 4.39. The quantitative estimate of drug-likeness (QED) is 0.732. The van der Waals surface area contributed by atoms with Crippen molar-refractivity contribution < 1.29 is 23.5 Å². The highest BCUT2D eigenvalue weighted by molar-refractivity contribution is 6.30. The number of esters is 1. The Bertz CT molecular complexity index is 803. The van der Waals surface area contributed by atoms with E-state index in [2.05, 4.69) is 19.2 Å². The third-order valence-corrected chi connectivity index (χ3v) is 6.34. The molecule has 1 heterocycles. The van der Waals surface area contributed by atoms with E-state index >= 15 is 0 Å². The second kappa shape index (κ2) is 9.11. The number of ether oxygens (including phenoxy) is 1. The molecular weight excluding hydrogens is 399 g/mol. The second-order valence-corrected chi connectivity index (χ2v) is 8.50. The first-order valence-electron chi connectivity index (χ1n) is 9.97. The summed E-state index contributed by atoms with van der Waals surface area (Å²) in [4.78, 5) is 38.6. The Morgan fingerprint density at radius 3 is 2.79 bits per heavy atom. The van der Waals surface area contributed by atoms with E-state index in [1.165, 1.54) is 12.1 Å². The molecular formula is C21H26ClFN2O4. The third kappa shape index (κ3) is 5.07. The minimum absolute atomic E-state index is 0.0365. The van der Waals surface area contributed by atoms with Crippen molar-refractivity contribution >= 4 is 35.1 Å². The topological polar surface area (TPSA) is 75.7 Å². The van der Waals surface area contributed by atoms with Crippen LogP contribution in [0.2, 0.25) is 5.02 Å². The fourth-order valence-electron chi connectivity index (χ4n) is 4.24. The second-order valence-electron chi connectivity index (χ2n) is 8.06. The highest BCUT2D eigenvalue weighted by Gasteiger charge is 2.42. The van der Waals surface area contributed by atoms with Crippen LogP contribution in [0.4, 0.5) is 10.1 Å². The Kier molecular flexibility index (Phi) is 6.77. The summed E-state index contributed by atoms with van der Waals surface area (Å²) in [5, 5.41) is 2.55. The number of nitrogens with one attached hydrogen (secondary N) is 1. The van der Waals surface area contributed by atoms with Crippen LogP contribution in [0.1, 0.15) is 39.5 Å². The summed E-state index contributed by atoms with van der Waals surface area (Å²) in [5.74, 6) is -1.59. The molecule has 4 atom stereocenters. The molecule has 1 aromatic rings. The maximum absolute atomic E-state index is 13.7. The minimum atomic E-state index is -0.676. The van der Waals surface area contributed by atoms with Gasteiger partial charge in [-0.05, 0) is 36.5 Å². The summed E-state index contributed by atoms with van der Waals surface area (Å²) in [5.41, 5.74) is -0.0434. The lowest BCUT2D eigenvalue weighted by atomic mass is 9.77. The molecule has 29 heavy (non-hydrogen) atoms. The summed E-state index contributed by atoms with van der Waals surface area (Å²) < 4.78 is 18.8. The molecule has 2 fully saturated rings. The van der Waals surface area contributed by atoms with Crippen molar-refractivity contribution in [2.75, 3.05) is 18.5 Å². The number of hydrogen-bond donors (Lipinski definition) is 1. The van der Waals surface area contributed by atoms with Crippen molar-refractivity contribution in [1.82, 2.24) is 4.90 Å². The number of anilines is 1. The number of rotatable bonds is 5. The number of benzene rings is 1. The normalized spacial score (nSPS) is 27.0. The number of nitrogens with zero attached hydrogens (tertiary/aromatic N) is 1. The SMILES string of the molecule is C[C@@H]1[C@H](C)CCC[C@H]1N1C[C@H](C(=O)OCC(=O)Nc2ccc(Cl)cc2F)CC1=O. The lowest BCUT2D eigenvalue weighted by molar-refractivity contribution is -0.151. The van der Waals surface area contributed by atoms with Crippen LogP contribution >= 0.6 is 11.6 Å². The average molecular weight is 425 g/mol. The fraction of sp³-hybridized carbons (Fsp3) is 0.571. The Morgan fingerprint density at radius 2 is 2.07 bits per heavy atom. The lowest BCUT2D eigenvalue weighted by Gasteiger charge is -2.39. The molecule has 1 N–H and O–H groups in total. The van der Waals surface area contributed by atoms with Crippen LogP contribution in [0.5, 0.6) is 0 Å². The van der Waals surface area contributed by atoms with E-state index in [0.717, 1.165) is 25.3 Å². The van der Waals surface area contributed by atoms with Crippen LogP contribution < -0.4 is 5.32 Å². The van der Waals surface area contributed by atoms with Crippen molar-refractivity contribution in [2.45, 2.75) is 45.6 Å². The number of halogens is 2. The van der Waals surface area contributed by atoms with Crippen molar-refractivity contribution in [1.29, 1.82) is 0 Å². The van der Waals surface area contributed by atoms with Crippen molar-refractivity contribution in [3.63, 3.8) is 0 Å². The molecule has 1 aliphatic carbocycles. The van der Waals surface area contributed by atoms with E-state index in [-0.39, 0.29) is 29.1 Å². The van der Waals surface area contributed by atoms with Crippen molar-refractivity contribution in [2.24, 2.45) is 17.8 Å². The van der Waals surface area contributed by atoms with Crippen LogP contribution in [-0.2, 0) is 19.1 Å². The maximum Gasteiger partial charge on any atom is 0.311 e. The van der Waals surface area contributed by atoms with Crippen molar-refractivity contribution in [3.05, 3.63) is 29.0 Å². The van der Waals surface area contributed by atoms with Gasteiger partial charge in [0.2, 0.25) is 5.91 Å². The van der Waals surface area contributed by atoms with Gasteiger partial charge in [0.15, 0.2) is 6.61 Å². The Balaban J connectivity index is 1.51. The van der Waals surface area contributed by atoms with Gasteiger partial charge in [0, 0.05) is 24.0 Å². The smallest absolute Gasteiger partial charge is 0.311 e. The lowest BCUT2D eigenvalue weighted by Crippen LogP contribution is -2.45. The van der Waals surface area contributed by atoms with Gasteiger partial charge in [-0.15, -0.1) is 0 Å². The van der Waals surface area contributed by atoms with Crippen molar-refractivity contribution in [3.8, 4) is 0 Å². The first-order chi connectivity index (χ1) is 13.8. The zero-order valence-corrected chi connectivity index (χ0v) is 17.4. The largest absolute Gasteiger partial charge is 0.455 e. The zero-order valence-electron chi connectivity index (χ0n) is 16.6. The molecule has 0 radical (unpaired) electrons. The van der Waals surface area contributed by atoms with Gasteiger partial charge in [0.1, 0.15) is 5.82 Å². The molecule has 0 bridgehead atoms. The number of carbonyl (C=O) groups excluding carboxylic acids is 3. The van der Waals surface area contributed by atoms with Gasteiger partial charge in [-0.2, -0.15) is 0 Å². The summed E-state index contributed by atoms with van der Waals surface area (Å²) in [6.45, 7) is 4.15. The van der Waals surface area contributed by atoms with Gasteiger partial charge >= 0.3 is 5.97 Å². The van der Waals surface area contributed by atoms with E-state index in [4.69, 9.17) is 16.3 Å². The minimum Gasteiger partial charge on any atom is -0.455 e. The van der Waals surface area contributed by atoms with Crippen LogP contribution in [0.15, 0.2) is 18.2 Å². The third-order valence-electron chi connectivity index (χ3n) is 6.11. The van der Waals surface area contributed by atoms with Crippen LogP contribution in [0.3, 0.4) is 0 Å². The molecule has 1 saturated heterocycles. The number of carbonyl (C=O) groups is 3. The van der Waals surface area contributed by atoms with Crippen LogP contribution in [0.25, 0.3) is 0 Å². The van der Waals surface area contributed by atoms with E-state index in [0.29, 0.717) is 18.4 Å². The molecule has 6 nitrogen and oxygen atoms in total. The van der Waals surface area contributed by atoms with Gasteiger partial charge in [0.25, 0.3) is 5.91 Å². The van der Waals surface area contributed by atoms with Crippen LogP contribution in [-0.4, -0.2) is 41.9 Å². The highest BCUT2D eigenvalue weighted by Crippen LogP contribution is 2.35. The zero-order chi connectivity index (χ0) is 21.1. The van der Waals surface area contributed by atoms with E-state index in [1.807, 2.05) is 4.90 Å². The first-order valence-corrected chi connectivity index (χ1v) is 10.3. The highest BCUT2D eigenvalue weighted by atomic mass is 35.5. The number of likely N-dealkylation sites (tertiary alicyclic amines) is 1. The molecule has 1 aromatic carbocycles. The summed E-state index contributed by atoms with van der Waals surface area (Å²) in [6.07, 6.45) is 3.29. The molecule has 0 spiro atoms. The van der Waals surface area contributed by atoms with E-state index in [1.54, 1.807) is 0 Å². The van der Waals surface area contributed by atoms with Gasteiger partial charge < -0.3 is 15.0 Å². The molecule has 2 aliphatic rings. The molecule has 158 valence electrons. The molecule has 0 unspecified atom stereocenters. The predicted octanol–water partition coefficient (Wildman–Crippen LogP) is 3.63.